The Kier molecular flexibility index (Phi) is 3.84. The molecule has 2 aromatic carbocycles. The Morgan fingerprint density at radius 2 is 1.21 bits per heavy atom. The maximum Gasteiger partial charge on any atom is 0.268 e. The van der Waals surface area contributed by atoms with Crippen LogP contribution in [0.1, 0.15) is 0 Å². The minimum Gasteiger partial charge on any atom is -0.389 e. The summed E-state index contributed by atoms with van der Waals surface area (Å²) in [4.78, 5) is 24.6. The van der Waals surface area contributed by atoms with E-state index in [2.05, 4.69) is 0 Å². The maximum absolute atomic E-state index is 12.3. The molecule has 0 spiro atoms. The van der Waals surface area contributed by atoms with Gasteiger partial charge in [0.05, 0.1) is 39.4 Å². The summed E-state index contributed by atoms with van der Waals surface area (Å²) in [6, 6.07) is 14.8. The molecule has 1 N–H and O–H groups in total. The number of benzene rings is 2. The maximum atomic E-state index is 12.3. The highest BCUT2D eigenvalue weighted by Gasteiger charge is 2.14. The van der Waals surface area contributed by atoms with Gasteiger partial charge in [-0.3, -0.25) is 17.5 Å². The lowest BCUT2D eigenvalue weighted by atomic mass is 10.3. The molecule has 0 bridgehead atoms. The van der Waals surface area contributed by atoms with Crippen LogP contribution in [-0.4, -0.2) is 19.1 Å². The molecule has 122 valence electrons. The lowest BCUT2D eigenvalue weighted by molar-refractivity contribution is 0.139. The van der Waals surface area contributed by atoms with E-state index in [4.69, 9.17) is 0 Å². The normalized spacial score (nSPS) is 11.8. The average molecular weight is 358 g/mol. The third-order valence-corrected chi connectivity index (χ3v) is 6.03. The second-order valence-corrected chi connectivity index (χ2v) is 7.69. The third-order valence-electron chi connectivity index (χ3n) is 3.86. The first-order valence-corrected chi connectivity index (χ1v) is 9.04. The van der Waals surface area contributed by atoms with Crippen LogP contribution in [0.3, 0.4) is 0 Å². The quantitative estimate of drug-likeness (QED) is 0.610. The Bertz CT molecular complexity index is 1050. The van der Waals surface area contributed by atoms with Crippen LogP contribution in [0, 0.1) is 0 Å². The summed E-state index contributed by atoms with van der Waals surface area (Å²) in [6.07, 6.45) is -0.804. The fraction of sp³-hybridized carbons (Fsp3) is 0.176. The largest absolute Gasteiger partial charge is 0.389 e. The Morgan fingerprint density at radius 3 is 1.62 bits per heavy atom. The molecule has 4 rings (SSSR count). The first-order chi connectivity index (χ1) is 11.6. The van der Waals surface area contributed by atoms with E-state index in [-0.39, 0.29) is 24.2 Å². The van der Waals surface area contributed by atoms with Crippen molar-refractivity contribution < 1.29 is 5.11 Å². The highest BCUT2D eigenvalue weighted by atomic mass is 32.1. The van der Waals surface area contributed by atoms with E-state index in [1.165, 1.54) is 23.1 Å². The summed E-state index contributed by atoms with van der Waals surface area (Å²) < 4.78 is 4.89. The minimum atomic E-state index is -0.804. The summed E-state index contributed by atoms with van der Waals surface area (Å²) >= 11 is 2.66. The van der Waals surface area contributed by atoms with Gasteiger partial charge in [-0.15, -0.1) is 0 Å². The van der Waals surface area contributed by atoms with Crippen LogP contribution in [0.4, 0.5) is 0 Å². The van der Waals surface area contributed by atoms with Crippen molar-refractivity contribution in [2.45, 2.75) is 19.2 Å². The molecule has 0 amide bonds. The van der Waals surface area contributed by atoms with E-state index in [9.17, 15) is 14.7 Å². The van der Waals surface area contributed by atoms with Crippen molar-refractivity contribution in [2.24, 2.45) is 0 Å². The van der Waals surface area contributed by atoms with Gasteiger partial charge in [0.15, 0.2) is 0 Å². The number of nitrogens with zero attached hydrogens (tertiary/aromatic N) is 2. The van der Waals surface area contributed by atoms with Crippen LogP contribution in [0.25, 0.3) is 20.2 Å². The molecule has 0 atom stereocenters. The number of fused-ring (bicyclic) bond motifs is 2. The van der Waals surface area contributed by atoms with Gasteiger partial charge in [0.25, 0.3) is 11.1 Å². The van der Waals surface area contributed by atoms with Crippen molar-refractivity contribution in [3.63, 3.8) is 0 Å². The van der Waals surface area contributed by atoms with Gasteiger partial charge in [-0.1, -0.05) is 47.3 Å². The molecule has 0 aliphatic rings. The fourth-order valence-corrected chi connectivity index (χ4v) is 4.83. The zero-order valence-electron chi connectivity index (χ0n) is 12.6. The topological polar surface area (TPSA) is 64.2 Å². The predicted octanol–water partition coefficient (Wildman–Crippen LogP) is 2.50. The van der Waals surface area contributed by atoms with Crippen molar-refractivity contribution in [3.8, 4) is 0 Å². The molecule has 0 saturated heterocycles. The Balaban J connectivity index is 1.60. The van der Waals surface area contributed by atoms with Crippen LogP contribution in [0.15, 0.2) is 58.1 Å². The second kappa shape index (κ2) is 6.01. The van der Waals surface area contributed by atoms with Crippen molar-refractivity contribution >= 4 is 43.2 Å². The molecule has 5 nitrogen and oxygen atoms in total. The highest BCUT2D eigenvalue weighted by Crippen LogP contribution is 2.18. The van der Waals surface area contributed by atoms with Crippen LogP contribution in [0.5, 0.6) is 0 Å². The number of hydrogen-bond acceptors (Lipinski definition) is 5. The van der Waals surface area contributed by atoms with Crippen LogP contribution in [-0.2, 0) is 13.1 Å². The lowest BCUT2D eigenvalue weighted by Gasteiger charge is -2.09. The molecular formula is C17H14N2O3S2. The molecule has 24 heavy (non-hydrogen) atoms. The van der Waals surface area contributed by atoms with Crippen molar-refractivity contribution in [2.75, 3.05) is 0 Å². The smallest absolute Gasteiger partial charge is 0.268 e. The first-order valence-electron chi connectivity index (χ1n) is 7.49. The standard InChI is InChI=1S/C17H14N2O3S2/c20-11(9-18-16(21)12-5-1-3-7-14(12)23-18)10-19-17(22)13-6-2-4-8-15(13)24-19/h1-8,11,20H,9-10H2. The van der Waals surface area contributed by atoms with E-state index < -0.39 is 6.10 Å². The van der Waals surface area contributed by atoms with E-state index in [1.54, 1.807) is 20.0 Å². The van der Waals surface area contributed by atoms with Gasteiger partial charge in [-0.25, -0.2) is 0 Å². The van der Waals surface area contributed by atoms with Gasteiger partial charge in [-0.05, 0) is 24.3 Å². The molecule has 4 aromatic rings. The molecule has 0 fully saturated rings. The number of aliphatic hydroxyl groups excluding tert-OH is 1. The van der Waals surface area contributed by atoms with Crippen molar-refractivity contribution in [1.82, 2.24) is 7.91 Å². The van der Waals surface area contributed by atoms with Crippen molar-refractivity contribution in [1.29, 1.82) is 0 Å². The fourth-order valence-electron chi connectivity index (χ4n) is 2.72. The molecule has 0 unspecified atom stereocenters. The van der Waals surface area contributed by atoms with Gasteiger partial charge in [-0.2, -0.15) is 0 Å². The zero-order valence-corrected chi connectivity index (χ0v) is 14.2. The van der Waals surface area contributed by atoms with Gasteiger partial charge in [0, 0.05) is 0 Å². The van der Waals surface area contributed by atoms with Crippen LogP contribution >= 0.6 is 23.1 Å². The average Bonchev–Trinajstić information content (AvgIpc) is 3.06. The number of aliphatic hydroxyl groups is 1. The SMILES string of the molecule is O=c1c2ccccc2sn1CC(O)Cn1sc2ccccc2c1=O. The summed E-state index contributed by atoms with van der Waals surface area (Å²) in [5, 5.41) is 11.7. The summed E-state index contributed by atoms with van der Waals surface area (Å²) in [5.74, 6) is 0. The highest BCUT2D eigenvalue weighted by molar-refractivity contribution is 7.14. The third kappa shape index (κ3) is 2.60. The molecular weight excluding hydrogens is 344 g/mol. The number of rotatable bonds is 4. The first kappa shape index (κ1) is 15.3. The lowest BCUT2D eigenvalue weighted by Crippen LogP contribution is -2.28. The summed E-state index contributed by atoms with van der Waals surface area (Å²) in [5.41, 5.74) is -0.198. The van der Waals surface area contributed by atoms with Gasteiger partial charge in [0.1, 0.15) is 0 Å². The molecule has 2 heterocycles. The van der Waals surface area contributed by atoms with Crippen LogP contribution in [0.2, 0.25) is 0 Å². The number of aromatic nitrogens is 2. The van der Waals surface area contributed by atoms with E-state index in [0.29, 0.717) is 10.8 Å². The Labute approximate surface area is 144 Å². The Hall–Kier alpha value is -2.22. The Morgan fingerprint density at radius 1 is 0.792 bits per heavy atom. The molecule has 0 saturated carbocycles. The monoisotopic (exact) mass is 358 g/mol. The minimum absolute atomic E-state index is 0.0988. The van der Waals surface area contributed by atoms with E-state index in [1.807, 2.05) is 36.4 Å². The summed E-state index contributed by atoms with van der Waals surface area (Å²) in [7, 11) is 0. The summed E-state index contributed by atoms with van der Waals surface area (Å²) in [6.45, 7) is 0.359. The van der Waals surface area contributed by atoms with E-state index in [0.717, 1.165) is 9.40 Å². The molecule has 2 aromatic heterocycles. The molecule has 0 radical (unpaired) electrons. The second-order valence-electron chi connectivity index (χ2n) is 5.56. The van der Waals surface area contributed by atoms with E-state index >= 15 is 0 Å². The predicted molar refractivity (Wildman–Crippen MR) is 98.2 cm³/mol. The van der Waals surface area contributed by atoms with Crippen LogP contribution < -0.4 is 11.1 Å². The molecule has 7 heteroatoms. The van der Waals surface area contributed by atoms with Gasteiger partial charge in [0.2, 0.25) is 0 Å². The van der Waals surface area contributed by atoms with Crippen molar-refractivity contribution in [3.05, 3.63) is 69.2 Å². The zero-order chi connectivity index (χ0) is 16.7. The van der Waals surface area contributed by atoms with Gasteiger partial charge >= 0.3 is 0 Å². The molecule has 0 aliphatic heterocycles. The van der Waals surface area contributed by atoms with Gasteiger partial charge < -0.3 is 5.11 Å². The molecule has 0 aliphatic carbocycles. The number of hydrogen-bond donors (Lipinski definition) is 1.